The van der Waals surface area contributed by atoms with Crippen molar-refractivity contribution in [3.05, 3.63) is 35.8 Å². The number of hydrogen-bond acceptors (Lipinski definition) is 3. The number of carbonyl (C=O) groups is 1. The van der Waals surface area contributed by atoms with Crippen molar-refractivity contribution >= 4 is 16.9 Å². The quantitative estimate of drug-likeness (QED) is 0.747. The number of carboxylic acids is 1. The van der Waals surface area contributed by atoms with Crippen LogP contribution >= 0.6 is 0 Å². The second-order valence-corrected chi connectivity index (χ2v) is 3.00. The predicted octanol–water partition coefficient (Wildman–Crippen LogP) is 1.78. The molecular formula is C10H6FNO3. The van der Waals surface area contributed by atoms with E-state index in [1.807, 2.05) is 0 Å². The second kappa shape index (κ2) is 3.20. The molecule has 0 aliphatic heterocycles. The van der Waals surface area contributed by atoms with E-state index in [1.165, 1.54) is 18.2 Å². The van der Waals surface area contributed by atoms with Crippen LogP contribution in [0.25, 0.3) is 10.9 Å². The summed E-state index contributed by atoms with van der Waals surface area (Å²) in [6.07, 6.45) is 0. The van der Waals surface area contributed by atoms with E-state index in [9.17, 15) is 14.3 Å². The number of halogens is 1. The Bertz CT molecular complexity index is 554. The molecule has 0 aliphatic rings. The zero-order valence-electron chi connectivity index (χ0n) is 7.44. The number of aromatic carboxylic acids is 1. The number of nitrogens with zero attached hydrogens (tertiary/aromatic N) is 1. The second-order valence-electron chi connectivity index (χ2n) is 3.00. The summed E-state index contributed by atoms with van der Waals surface area (Å²) in [6.45, 7) is 0. The largest absolute Gasteiger partial charge is 0.506 e. The topological polar surface area (TPSA) is 70.4 Å². The van der Waals surface area contributed by atoms with Gasteiger partial charge in [-0.15, -0.1) is 0 Å². The molecule has 76 valence electrons. The number of rotatable bonds is 1. The Labute approximate surface area is 83.6 Å². The van der Waals surface area contributed by atoms with Crippen LogP contribution in [0.5, 0.6) is 5.75 Å². The third-order valence-corrected chi connectivity index (χ3v) is 1.96. The van der Waals surface area contributed by atoms with Gasteiger partial charge in [-0.3, -0.25) is 0 Å². The number of phenolic OH excluding ortho intramolecular Hbond substituents is 1. The molecule has 0 bridgehead atoms. The highest BCUT2D eigenvalue weighted by molar-refractivity contribution is 5.91. The average molecular weight is 207 g/mol. The SMILES string of the molecule is O=C(O)c1ccc2cc(F)cc(O)c2n1. The van der Waals surface area contributed by atoms with Crippen molar-refractivity contribution in [2.24, 2.45) is 0 Å². The van der Waals surface area contributed by atoms with Gasteiger partial charge in [-0.05, 0) is 12.1 Å². The Morgan fingerprint density at radius 2 is 2.07 bits per heavy atom. The van der Waals surface area contributed by atoms with Crippen molar-refractivity contribution in [2.75, 3.05) is 0 Å². The van der Waals surface area contributed by atoms with Gasteiger partial charge in [0.2, 0.25) is 0 Å². The maximum absolute atomic E-state index is 12.9. The van der Waals surface area contributed by atoms with Gasteiger partial charge in [0.1, 0.15) is 22.8 Å². The lowest BCUT2D eigenvalue weighted by molar-refractivity contribution is 0.0691. The van der Waals surface area contributed by atoms with Gasteiger partial charge in [0.15, 0.2) is 0 Å². The summed E-state index contributed by atoms with van der Waals surface area (Å²) in [5.74, 6) is -2.15. The monoisotopic (exact) mass is 207 g/mol. The van der Waals surface area contributed by atoms with E-state index in [0.717, 1.165) is 6.07 Å². The molecule has 0 saturated carbocycles. The molecule has 0 atom stereocenters. The van der Waals surface area contributed by atoms with Crippen LogP contribution in [0.1, 0.15) is 10.5 Å². The smallest absolute Gasteiger partial charge is 0.354 e. The fourth-order valence-corrected chi connectivity index (χ4v) is 1.30. The van der Waals surface area contributed by atoms with Crippen LogP contribution in [-0.4, -0.2) is 21.2 Å². The predicted molar refractivity (Wildman–Crippen MR) is 50.3 cm³/mol. The minimum atomic E-state index is -1.19. The Hall–Kier alpha value is -2.17. The fraction of sp³-hybridized carbons (Fsp3) is 0. The van der Waals surface area contributed by atoms with Crippen LogP contribution < -0.4 is 0 Å². The van der Waals surface area contributed by atoms with Crippen molar-refractivity contribution < 1.29 is 19.4 Å². The zero-order chi connectivity index (χ0) is 11.0. The summed E-state index contributed by atoms with van der Waals surface area (Å²) >= 11 is 0. The number of carboxylic acid groups (broad SMARTS) is 1. The fourth-order valence-electron chi connectivity index (χ4n) is 1.30. The minimum Gasteiger partial charge on any atom is -0.506 e. The van der Waals surface area contributed by atoms with Crippen LogP contribution in [0.15, 0.2) is 24.3 Å². The Morgan fingerprint density at radius 3 is 2.73 bits per heavy atom. The molecule has 1 aromatic heterocycles. The van der Waals surface area contributed by atoms with Gasteiger partial charge in [-0.2, -0.15) is 0 Å². The normalized spacial score (nSPS) is 10.5. The van der Waals surface area contributed by atoms with E-state index >= 15 is 0 Å². The molecule has 15 heavy (non-hydrogen) atoms. The third kappa shape index (κ3) is 1.59. The molecule has 0 radical (unpaired) electrons. The van der Waals surface area contributed by atoms with E-state index in [4.69, 9.17) is 5.11 Å². The van der Waals surface area contributed by atoms with Crippen molar-refractivity contribution in [2.45, 2.75) is 0 Å². The number of hydrogen-bond donors (Lipinski definition) is 2. The van der Waals surface area contributed by atoms with E-state index in [-0.39, 0.29) is 17.0 Å². The van der Waals surface area contributed by atoms with Crippen molar-refractivity contribution in [3.63, 3.8) is 0 Å². The van der Waals surface area contributed by atoms with Gasteiger partial charge in [0.05, 0.1) is 0 Å². The van der Waals surface area contributed by atoms with Crippen molar-refractivity contribution in [1.29, 1.82) is 0 Å². The Morgan fingerprint density at radius 1 is 1.33 bits per heavy atom. The molecule has 1 heterocycles. The van der Waals surface area contributed by atoms with Crippen molar-refractivity contribution in [3.8, 4) is 5.75 Å². The number of benzene rings is 1. The summed E-state index contributed by atoms with van der Waals surface area (Å²) in [4.78, 5) is 14.3. The summed E-state index contributed by atoms with van der Waals surface area (Å²) in [5.41, 5.74) is -0.110. The number of phenols is 1. The summed E-state index contributed by atoms with van der Waals surface area (Å²) in [6, 6.07) is 4.72. The van der Waals surface area contributed by atoms with Gasteiger partial charge in [0.25, 0.3) is 0 Å². The number of fused-ring (bicyclic) bond motifs is 1. The van der Waals surface area contributed by atoms with Gasteiger partial charge in [-0.25, -0.2) is 14.2 Å². The van der Waals surface area contributed by atoms with Gasteiger partial charge in [-0.1, -0.05) is 6.07 Å². The van der Waals surface area contributed by atoms with Gasteiger partial charge >= 0.3 is 5.97 Å². The highest BCUT2D eigenvalue weighted by Crippen LogP contribution is 2.24. The Balaban J connectivity index is 2.76. The van der Waals surface area contributed by atoms with Crippen LogP contribution in [0.4, 0.5) is 4.39 Å². The first-order chi connectivity index (χ1) is 7.08. The average Bonchev–Trinajstić information content (AvgIpc) is 2.16. The van der Waals surface area contributed by atoms with Crippen LogP contribution in [0.2, 0.25) is 0 Å². The molecule has 1 aromatic carbocycles. The lowest BCUT2D eigenvalue weighted by Crippen LogP contribution is -1.99. The molecular weight excluding hydrogens is 201 g/mol. The number of aromatic hydroxyl groups is 1. The van der Waals surface area contributed by atoms with E-state index in [1.54, 1.807) is 0 Å². The first-order valence-corrected chi connectivity index (χ1v) is 4.10. The van der Waals surface area contributed by atoms with Gasteiger partial charge < -0.3 is 10.2 Å². The van der Waals surface area contributed by atoms with Crippen LogP contribution in [0.3, 0.4) is 0 Å². The molecule has 0 aliphatic carbocycles. The summed E-state index contributed by atoms with van der Waals surface area (Å²) in [5, 5.41) is 18.4. The molecule has 0 saturated heterocycles. The lowest BCUT2D eigenvalue weighted by atomic mass is 10.2. The standard InChI is InChI=1S/C10H6FNO3/c11-6-3-5-1-2-7(10(14)15)12-9(5)8(13)4-6/h1-4,13H,(H,14,15). The van der Waals surface area contributed by atoms with Crippen molar-refractivity contribution in [1.82, 2.24) is 4.98 Å². The Kier molecular flexibility index (Phi) is 2.00. The van der Waals surface area contributed by atoms with E-state index < -0.39 is 11.8 Å². The molecule has 5 heteroatoms. The summed E-state index contributed by atoms with van der Waals surface area (Å²) in [7, 11) is 0. The minimum absolute atomic E-state index is 0.0799. The maximum atomic E-state index is 12.9. The first-order valence-electron chi connectivity index (χ1n) is 4.10. The molecule has 0 unspecified atom stereocenters. The highest BCUT2D eigenvalue weighted by Gasteiger charge is 2.09. The summed E-state index contributed by atoms with van der Waals surface area (Å²) < 4.78 is 12.9. The highest BCUT2D eigenvalue weighted by atomic mass is 19.1. The third-order valence-electron chi connectivity index (χ3n) is 1.96. The van der Waals surface area contributed by atoms with Gasteiger partial charge in [0, 0.05) is 11.5 Å². The lowest BCUT2D eigenvalue weighted by Gasteiger charge is -2.01. The van der Waals surface area contributed by atoms with Crippen LogP contribution in [-0.2, 0) is 0 Å². The van der Waals surface area contributed by atoms with Crippen LogP contribution in [0, 0.1) is 5.82 Å². The molecule has 2 N–H and O–H groups in total. The molecule has 4 nitrogen and oxygen atoms in total. The number of pyridine rings is 1. The van der Waals surface area contributed by atoms with E-state index in [0.29, 0.717) is 5.39 Å². The maximum Gasteiger partial charge on any atom is 0.354 e. The first kappa shape index (κ1) is 9.39. The molecule has 2 aromatic rings. The molecule has 0 amide bonds. The zero-order valence-corrected chi connectivity index (χ0v) is 7.44. The molecule has 2 rings (SSSR count). The van der Waals surface area contributed by atoms with E-state index in [2.05, 4.69) is 4.98 Å². The number of aromatic nitrogens is 1. The molecule has 0 spiro atoms. The molecule has 0 fully saturated rings.